The molecule has 1 amide bonds. The van der Waals surface area contributed by atoms with Crippen molar-refractivity contribution in [2.45, 2.75) is 25.5 Å². The van der Waals surface area contributed by atoms with Crippen molar-refractivity contribution < 1.29 is 19.0 Å². The van der Waals surface area contributed by atoms with Gasteiger partial charge in [-0.3, -0.25) is 4.79 Å². The highest BCUT2D eigenvalue weighted by molar-refractivity contribution is 5.83. The molecule has 0 radical (unpaired) electrons. The van der Waals surface area contributed by atoms with Gasteiger partial charge in [0.2, 0.25) is 0 Å². The minimum Gasteiger partial charge on any atom is -0.497 e. The predicted molar refractivity (Wildman–Crippen MR) is 88.2 cm³/mol. The highest BCUT2D eigenvalue weighted by Crippen LogP contribution is 2.32. The number of benzene rings is 2. The lowest BCUT2D eigenvalue weighted by Crippen LogP contribution is -2.41. The van der Waals surface area contributed by atoms with Crippen molar-refractivity contribution in [3.8, 4) is 5.75 Å². The molecule has 2 atom stereocenters. The van der Waals surface area contributed by atoms with E-state index in [4.69, 9.17) is 4.74 Å². The lowest BCUT2D eigenvalue weighted by Gasteiger charge is -2.36. The molecule has 3 rings (SSSR count). The van der Waals surface area contributed by atoms with Crippen LogP contribution in [0.25, 0.3) is 0 Å². The first-order valence-corrected chi connectivity index (χ1v) is 7.92. The number of aliphatic hydroxyl groups is 1. The molecular weight excluding hydrogens is 309 g/mol. The van der Waals surface area contributed by atoms with Gasteiger partial charge in [0.05, 0.1) is 13.2 Å². The topological polar surface area (TPSA) is 49.8 Å². The van der Waals surface area contributed by atoms with Gasteiger partial charge in [0, 0.05) is 6.54 Å². The monoisotopic (exact) mass is 329 g/mol. The van der Waals surface area contributed by atoms with E-state index in [0.717, 1.165) is 11.1 Å². The second kappa shape index (κ2) is 6.61. The summed E-state index contributed by atoms with van der Waals surface area (Å²) < 4.78 is 18.5. The summed E-state index contributed by atoms with van der Waals surface area (Å²) >= 11 is 0. The van der Waals surface area contributed by atoms with Crippen molar-refractivity contribution in [3.63, 3.8) is 0 Å². The molecule has 2 aromatic carbocycles. The van der Waals surface area contributed by atoms with Gasteiger partial charge in [-0.2, -0.15) is 0 Å². The van der Waals surface area contributed by atoms with Crippen LogP contribution < -0.4 is 4.74 Å². The van der Waals surface area contributed by atoms with Crippen LogP contribution in [0.3, 0.4) is 0 Å². The Balaban J connectivity index is 1.83. The Bertz CT molecular complexity index is 762. The largest absolute Gasteiger partial charge is 0.497 e. The molecule has 24 heavy (non-hydrogen) atoms. The van der Waals surface area contributed by atoms with Crippen molar-refractivity contribution in [2.24, 2.45) is 0 Å². The number of amides is 1. The first-order valence-electron chi connectivity index (χ1n) is 7.92. The predicted octanol–water partition coefficient (Wildman–Crippen LogP) is 3.01. The lowest BCUT2D eigenvalue weighted by molar-refractivity contribution is -0.143. The van der Waals surface area contributed by atoms with Crippen LogP contribution in [0.2, 0.25) is 0 Å². The van der Waals surface area contributed by atoms with E-state index in [-0.39, 0.29) is 17.8 Å². The number of ether oxygens (including phenoxy) is 1. The third-order valence-corrected chi connectivity index (χ3v) is 4.57. The molecule has 0 aliphatic carbocycles. The van der Waals surface area contributed by atoms with Gasteiger partial charge in [-0.05, 0) is 54.3 Å². The van der Waals surface area contributed by atoms with E-state index in [1.807, 2.05) is 6.92 Å². The van der Waals surface area contributed by atoms with Gasteiger partial charge in [0.15, 0.2) is 6.10 Å². The lowest BCUT2D eigenvalue weighted by atomic mass is 9.92. The van der Waals surface area contributed by atoms with Crippen molar-refractivity contribution >= 4 is 5.91 Å². The number of methoxy groups -OCH3 is 1. The summed E-state index contributed by atoms with van der Waals surface area (Å²) in [5, 5.41) is 10.5. The smallest absolute Gasteiger partial charge is 0.256 e. The number of carbonyl (C=O) groups excluding carboxylic acids is 1. The molecule has 2 aromatic rings. The molecule has 1 aliphatic heterocycles. The molecule has 1 N–H and O–H groups in total. The van der Waals surface area contributed by atoms with E-state index in [0.29, 0.717) is 24.3 Å². The van der Waals surface area contributed by atoms with Crippen LogP contribution in [0.1, 0.15) is 35.8 Å². The number of fused-ring (bicyclic) bond motifs is 1. The number of rotatable bonds is 3. The molecule has 0 saturated heterocycles. The Morgan fingerprint density at radius 2 is 2.12 bits per heavy atom. The number of halogens is 1. The highest BCUT2D eigenvalue weighted by Gasteiger charge is 2.32. The van der Waals surface area contributed by atoms with Crippen LogP contribution >= 0.6 is 0 Å². The maximum atomic E-state index is 13.4. The van der Waals surface area contributed by atoms with Gasteiger partial charge in [0.1, 0.15) is 11.6 Å². The summed E-state index contributed by atoms with van der Waals surface area (Å²) in [5.41, 5.74) is 2.34. The van der Waals surface area contributed by atoms with Crippen molar-refractivity contribution in [2.75, 3.05) is 13.7 Å². The van der Waals surface area contributed by atoms with Crippen LogP contribution in [-0.4, -0.2) is 29.6 Å². The normalized spacial score (nSPS) is 18.0. The van der Waals surface area contributed by atoms with E-state index in [9.17, 15) is 14.3 Å². The minimum absolute atomic E-state index is 0.206. The Kier molecular flexibility index (Phi) is 4.53. The molecular formula is C19H20FNO3. The standard InChI is InChI=1S/C19H20FNO3/c1-12-17-7-6-15(20)10-13(17)8-9-21(12)19(23)18(22)14-4-3-5-16(11-14)24-2/h3-7,10-12,18,22H,8-9H2,1-2H3. The van der Waals surface area contributed by atoms with Crippen molar-refractivity contribution in [3.05, 3.63) is 65.0 Å². The third kappa shape index (κ3) is 2.99. The van der Waals surface area contributed by atoms with Crippen LogP contribution in [0.15, 0.2) is 42.5 Å². The van der Waals surface area contributed by atoms with Gasteiger partial charge < -0.3 is 14.7 Å². The Morgan fingerprint density at radius 1 is 1.33 bits per heavy atom. The van der Waals surface area contributed by atoms with Gasteiger partial charge in [-0.15, -0.1) is 0 Å². The van der Waals surface area contributed by atoms with Crippen molar-refractivity contribution in [1.82, 2.24) is 4.90 Å². The molecule has 1 heterocycles. The summed E-state index contributed by atoms with van der Waals surface area (Å²) in [6.45, 7) is 2.35. The SMILES string of the molecule is COc1cccc(C(O)C(=O)N2CCc3cc(F)ccc3C2C)c1. The van der Waals surface area contributed by atoms with Crippen LogP contribution in [0.5, 0.6) is 5.75 Å². The van der Waals surface area contributed by atoms with E-state index in [1.165, 1.54) is 19.2 Å². The molecule has 2 unspecified atom stereocenters. The first-order chi connectivity index (χ1) is 11.5. The molecule has 4 nitrogen and oxygen atoms in total. The highest BCUT2D eigenvalue weighted by atomic mass is 19.1. The molecule has 0 saturated carbocycles. The van der Waals surface area contributed by atoms with E-state index < -0.39 is 6.10 Å². The molecule has 0 spiro atoms. The first kappa shape index (κ1) is 16.5. The Labute approximate surface area is 140 Å². The van der Waals surface area contributed by atoms with Gasteiger partial charge in [-0.1, -0.05) is 18.2 Å². The summed E-state index contributed by atoms with van der Waals surface area (Å²) in [4.78, 5) is 14.4. The van der Waals surface area contributed by atoms with E-state index in [2.05, 4.69) is 0 Å². The van der Waals surface area contributed by atoms with E-state index >= 15 is 0 Å². The number of hydrogen-bond donors (Lipinski definition) is 1. The number of hydrogen-bond acceptors (Lipinski definition) is 3. The minimum atomic E-state index is -1.25. The quantitative estimate of drug-likeness (QED) is 0.942. The Hall–Kier alpha value is -2.40. The van der Waals surface area contributed by atoms with Gasteiger partial charge >= 0.3 is 0 Å². The fourth-order valence-corrected chi connectivity index (χ4v) is 3.21. The molecule has 0 fully saturated rings. The Morgan fingerprint density at radius 3 is 2.88 bits per heavy atom. The molecule has 1 aliphatic rings. The number of carbonyl (C=O) groups is 1. The fraction of sp³-hybridized carbons (Fsp3) is 0.316. The molecule has 0 aromatic heterocycles. The van der Waals surface area contributed by atoms with Crippen LogP contribution in [0.4, 0.5) is 4.39 Å². The van der Waals surface area contributed by atoms with E-state index in [1.54, 1.807) is 35.2 Å². The zero-order valence-electron chi connectivity index (χ0n) is 13.7. The zero-order chi connectivity index (χ0) is 17.3. The number of aliphatic hydroxyl groups excluding tert-OH is 1. The molecule has 0 bridgehead atoms. The summed E-state index contributed by atoms with van der Waals surface area (Å²) in [7, 11) is 1.54. The second-order valence-corrected chi connectivity index (χ2v) is 5.98. The third-order valence-electron chi connectivity index (χ3n) is 4.57. The molecule has 5 heteroatoms. The average Bonchev–Trinajstić information content (AvgIpc) is 2.60. The summed E-state index contributed by atoms with van der Waals surface area (Å²) in [6.07, 6.45) is -0.668. The summed E-state index contributed by atoms with van der Waals surface area (Å²) in [6, 6.07) is 11.3. The zero-order valence-corrected chi connectivity index (χ0v) is 13.7. The maximum Gasteiger partial charge on any atom is 0.256 e. The summed E-state index contributed by atoms with van der Waals surface area (Å²) in [5.74, 6) is -0.0327. The molecule has 126 valence electrons. The maximum absolute atomic E-state index is 13.4. The van der Waals surface area contributed by atoms with Crippen LogP contribution in [0, 0.1) is 5.82 Å². The van der Waals surface area contributed by atoms with Crippen LogP contribution in [-0.2, 0) is 11.2 Å². The van der Waals surface area contributed by atoms with Gasteiger partial charge in [0.25, 0.3) is 5.91 Å². The average molecular weight is 329 g/mol. The fourth-order valence-electron chi connectivity index (χ4n) is 3.21. The number of nitrogens with zero attached hydrogens (tertiary/aromatic N) is 1. The second-order valence-electron chi connectivity index (χ2n) is 5.98. The van der Waals surface area contributed by atoms with Crippen molar-refractivity contribution in [1.29, 1.82) is 0 Å². The van der Waals surface area contributed by atoms with Gasteiger partial charge in [-0.25, -0.2) is 4.39 Å².